The summed E-state index contributed by atoms with van der Waals surface area (Å²) in [4.78, 5) is 22.9. The number of nitrogens with one attached hydrogen (secondary N) is 1. The standard InChI is InChI=1S/C18H25NO9.Na/c1-8-5-4-6-9(2)14(8)26-7-10(3)19-18(25)28-17-13(22)11(20)12(21)15(27-17)16(23)24;/h4-6,10-13,15,17,20-22H,7H2,1-3H3,(H,19,25)(H,23,24);/q;+1/p-1/t10?,11?,12-,13?,15?,17-;/m0./s1. The SMILES string of the molecule is Cc1cccc(C)c1OCC(C)NC(=O)O[C@@H]1OC(C(=O)[O-])[C@@H](O)C(O)C1O.[Na+]. The maximum atomic E-state index is 12.0. The Morgan fingerprint density at radius 1 is 1.17 bits per heavy atom. The van der Waals surface area contributed by atoms with E-state index in [4.69, 9.17) is 14.2 Å². The molecule has 0 bridgehead atoms. The van der Waals surface area contributed by atoms with E-state index in [9.17, 15) is 30.0 Å². The third-order valence-electron chi connectivity index (χ3n) is 4.28. The number of benzene rings is 1. The summed E-state index contributed by atoms with van der Waals surface area (Å²) in [5, 5.41) is 42.5. The fraction of sp³-hybridized carbons (Fsp3) is 0.556. The van der Waals surface area contributed by atoms with Gasteiger partial charge < -0.3 is 44.7 Å². The van der Waals surface area contributed by atoms with Gasteiger partial charge in [-0.05, 0) is 31.9 Å². The summed E-state index contributed by atoms with van der Waals surface area (Å²) < 4.78 is 15.4. The molecule has 10 nitrogen and oxygen atoms in total. The average Bonchev–Trinajstić information content (AvgIpc) is 2.61. The van der Waals surface area contributed by atoms with Crippen molar-refractivity contribution in [3.63, 3.8) is 0 Å². The van der Waals surface area contributed by atoms with E-state index in [1.54, 1.807) is 6.92 Å². The van der Waals surface area contributed by atoms with Crippen molar-refractivity contribution >= 4 is 12.1 Å². The molecule has 4 N–H and O–H groups in total. The monoisotopic (exact) mass is 421 g/mol. The minimum atomic E-state index is -1.96. The Labute approximate surface area is 190 Å². The van der Waals surface area contributed by atoms with Crippen molar-refractivity contribution in [2.45, 2.75) is 57.5 Å². The van der Waals surface area contributed by atoms with E-state index in [0.717, 1.165) is 11.1 Å². The van der Waals surface area contributed by atoms with Gasteiger partial charge >= 0.3 is 35.7 Å². The molecule has 0 spiro atoms. The number of rotatable bonds is 6. The summed E-state index contributed by atoms with van der Waals surface area (Å²) >= 11 is 0. The number of hydrogen-bond acceptors (Lipinski definition) is 9. The zero-order valence-corrected chi connectivity index (χ0v) is 18.7. The molecule has 11 heteroatoms. The first-order valence-electron chi connectivity index (χ1n) is 8.68. The molecule has 1 amide bonds. The van der Waals surface area contributed by atoms with E-state index in [2.05, 4.69) is 5.32 Å². The van der Waals surface area contributed by atoms with Crippen LogP contribution in [0.25, 0.3) is 0 Å². The van der Waals surface area contributed by atoms with Crippen LogP contribution >= 0.6 is 0 Å². The smallest absolute Gasteiger partial charge is 0.547 e. The Bertz CT molecular complexity index is 696. The first kappa shape index (κ1) is 25.6. The van der Waals surface area contributed by atoms with Crippen LogP contribution in [-0.2, 0) is 14.3 Å². The van der Waals surface area contributed by atoms with Crippen LogP contribution in [0.15, 0.2) is 18.2 Å². The minimum Gasteiger partial charge on any atom is -0.547 e. The van der Waals surface area contributed by atoms with Crippen LogP contribution < -0.4 is 44.7 Å². The van der Waals surface area contributed by atoms with Gasteiger partial charge in [0.05, 0.1) is 12.0 Å². The molecule has 2 rings (SSSR count). The number of carboxylic acids is 1. The number of aliphatic hydroxyl groups is 3. The molecule has 1 aromatic rings. The van der Waals surface area contributed by atoms with Crippen LogP contribution in [0, 0.1) is 13.8 Å². The Kier molecular flexibility index (Phi) is 9.83. The Balaban J connectivity index is 0.00000420. The summed E-state index contributed by atoms with van der Waals surface area (Å²) in [6.45, 7) is 5.56. The number of carbonyl (C=O) groups is 2. The molecule has 1 fully saturated rings. The molecule has 1 saturated heterocycles. The number of para-hydroxylation sites is 1. The number of aryl methyl sites for hydroxylation is 2. The zero-order chi connectivity index (χ0) is 21.0. The molecule has 0 aromatic heterocycles. The van der Waals surface area contributed by atoms with Gasteiger partial charge in [0, 0.05) is 0 Å². The van der Waals surface area contributed by atoms with Crippen molar-refractivity contribution in [2.75, 3.05) is 6.61 Å². The fourth-order valence-corrected chi connectivity index (χ4v) is 2.76. The summed E-state index contributed by atoms with van der Waals surface area (Å²) in [6.07, 6.45) is -10.4. The van der Waals surface area contributed by atoms with Crippen LogP contribution in [0.1, 0.15) is 18.1 Å². The third kappa shape index (κ3) is 6.54. The molecule has 1 aliphatic rings. The minimum absolute atomic E-state index is 0. The van der Waals surface area contributed by atoms with Gasteiger partial charge in [-0.15, -0.1) is 0 Å². The normalized spacial score (nSPS) is 27.3. The predicted molar refractivity (Wildman–Crippen MR) is 92.2 cm³/mol. The van der Waals surface area contributed by atoms with Crippen molar-refractivity contribution in [1.82, 2.24) is 5.32 Å². The number of aliphatic hydroxyl groups excluding tert-OH is 3. The third-order valence-corrected chi connectivity index (χ3v) is 4.28. The topological polar surface area (TPSA) is 158 Å². The Morgan fingerprint density at radius 3 is 2.31 bits per heavy atom. The van der Waals surface area contributed by atoms with Crippen molar-refractivity contribution in [1.29, 1.82) is 0 Å². The van der Waals surface area contributed by atoms with Crippen molar-refractivity contribution < 1.29 is 73.8 Å². The number of aliphatic carboxylic acids is 1. The number of alkyl carbamates (subject to hydrolysis) is 1. The Morgan fingerprint density at radius 2 is 1.76 bits per heavy atom. The van der Waals surface area contributed by atoms with Gasteiger partial charge in [0.25, 0.3) is 0 Å². The summed E-state index contributed by atoms with van der Waals surface area (Å²) in [5.41, 5.74) is 1.88. The molecule has 0 radical (unpaired) electrons. The van der Waals surface area contributed by atoms with E-state index in [1.165, 1.54) is 0 Å². The van der Waals surface area contributed by atoms with Gasteiger partial charge in [0.1, 0.15) is 36.8 Å². The number of amides is 1. The summed E-state index contributed by atoms with van der Waals surface area (Å²) in [5.74, 6) is -1.12. The quantitative estimate of drug-likeness (QED) is 0.332. The van der Waals surface area contributed by atoms with Crippen LogP contribution in [0.5, 0.6) is 5.75 Å². The van der Waals surface area contributed by atoms with Crippen molar-refractivity contribution in [3.8, 4) is 5.75 Å². The number of carboxylic acid groups (broad SMARTS) is 1. The van der Waals surface area contributed by atoms with E-state index >= 15 is 0 Å². The predicted octanol–water partition coefficient (Wildman–Crippen LogP) is -4.64. The van der Waals surface area contributed by atoms with E-state index < -0.39 is 48.8 Å². The molecule has 0 aliphatic carbocycles. The molecular weight excluding hydrogens is 397 g/mol. The number of ether oxygens (including phenoxy) is 3. The first-order chi connectivity index (χ1) is 13.1. The molecule has 0 saturated carbocycles. The average molecular weight is 421 g/mol. The maximum absolute atomic E-state index is 12.0. The molecule has 29 heavy (non-hydrogen) atoms. The zero-order valence-electron chi connectivity index (χ0n) is 16.7. The van der Waals surface area contributed by atoms with Crippen LogP contribution in [0.2, 0.25) is 0 Å². The van der Waals surface area contributed by atoms with Gasteiger partial charge in [0.2, 0.25) is 6.29 Å². The fourth-order valence-electron chi connectivity index (χ4n) is 2.76. The van der Waals surface area contributed by atoms with Crippen molar-refractivity contribution in [3.05, 3.63) is 29.3 Å². The van der Waals surface area contributed by atoms with E-state index in [1.807, 2.05) is 32.0 Å². The van der Waals surface area contributed by atoms with Crippen LogP contribution in [0.3, 0.4) is 0 Å². The second-order valence-corrected chi connectivity index (χ2v) is 6.70. The molecular formula is C18H24NNaO9. The second kappa shape index (κ2) is 11.1. The second-order valence-electron chi connectivity index (χ2n) is 6.70. The summed E-state index contributed by atoms with van der Waals surface area (Å²) in [6, 6.07) is 5.19. The molecule has 1 heterocycles. The van der Waals surface area contributed by atoms with Gasteiger partial charge in [-0.3, -0.25) is 0 Å². The maximum Gasteiger partial charge on any atom is 1.00 e. The van der Waals surface area contributed by atoms with Crippen LogP contribution in [0.4, 0.5) is 4.79 Å². The largest absolute Gasteiger partial charge is 1.00 e. The van der Waals surface area contributed by atoms with E-state index in [0.29, 0.717) is 5.75 Å². The molecule has 1 aliphatic heterocycles. The summed E-state index contributed by atoms with van der Waals surface area (Å²) in [7, 11) is 0. The van der Waals surface area contributed by atoms with Gasteiger partial charge in [-0.25, -0.2) is 4.79 Å². The van der Waals surface area contributed by atoms with E-state index in [-0.39, 0.29) is 36.2 Å². The van der Waals surface area contributed by atoms with Gasteiger partial charge in [-0.2, -0.15) is 0 Å². The number of carbonyl (C=O) groups excluding carboxylic acids is 2. The van der Waals surface area contributed by atoms with Crippen LogP contribution in [-0.4, -0.2) is 70.7 Å². The van der Waals surface area contributed by atoms with Crippen molar-refractivity contribution in [2.24, 2.45) is 0 Å². The van der Waals surface area contributed by atoms with Gasteiger partial charge in [0.15, 0.2) is 0 Å². The molecule has 6 atom stereocenters. The number of hydrogen-bond donors (Lipinski definition) is 4. The van der Waals surface area contributed by atoms with Gasteiger partial charge in [-0.1, -0.05) is 18.2 Å². The Hall–Kier alpha value is -1.40. The molecule has 4 unspecified atom stereocenters. The molecule has 156 valence electrons. The molecule has 1 aromatic carbocycles. The first-order valence-corrected chi connectivity index (χ1v) is 8.68.